The number of benzene rings is 1. The summed E-state index contributed by atoms with van der Waals surface area (Å²) in [6.45, 7) is 6.40. The zero-order valence-electron chi connectivity index (χ0n) is 11.9. The molecule has 0 aromatic heterocycles. The monoisotopic (exact) mass is 261 g/mol. The molecule has 3 N–H and O–H groups in total. The Morgan fingerprint density at radius 1 is 1.32 bits per heavy atom. The van der Waals surface area contributed by atoms with Crippen molar-refractivity contribution in [3.8, 4) is 0 Å². The van der Waals surface area contributed by atoms with Crippen LogP contribution in [-0.2, 0) is 11.2 Å². The second-order valence-corrected chi connectivity index (χ2v) is 5.66. The second kappa shape index (κ2) is 6.17. The summed E-state index contributed by atoms with van der Waals surface area (Å²) >= 11 is 0. The van der Waals surface area contributed by atoms with E-state index in [0.717, 1.165) is 12.0 Å². The summed E-state index contributed by atoms with van der Waals surface area (Å²) < 4.78 is 0. The number of carbonyl (C=O) groups excluding carboxylic acids is 1. The molecular weight excluding hydrogens is 238 g/mol. The number of carbonyl (C=O) groups is 1. The van der Waals surface area contributed by atoms with Crippen molar-refractivity contribution < 1.29 is 4.79 Å². The van der Waals surface area contributed by atoms with Crippen molar-refractivity contribution in [1.29, 1.82) is 0 Å². The minimum atomic E-state index is 0.0327. The molecule has 104 valence electrons. The molecule has 1 aliphatic rings. The highest BCUT2D eigenvalue weighted by molar-refractivity contribution is 5.78. The summed E-state index contributed by atoms with van der Waals surface area (Å²) in [6, 6.07) is 8.50. The van der Waals surface area contributed by atoms with Gasteiger partial charge in [-0.2, -0.15) is 0 Å². The second-order valence-electron chi connectivity index (χ2n) is 5.66. The predicted octanol–water partition coefficient (Wildman–Crippen LogP) is 1.50. The van der Waals surface area contributed by atoms with Crippen LogP contribution in [0.2, 0.25) is 0 Å². The van der Waals surface area contributed by atoms with Crippen LogP contribution >= 0.6 is 0 Å². The van der Waals surface area contributed by atoms with Gasteiger partial charge in [0.15, 0.2) is 0 Å². The molecule has 19 heavy (non-hydrogen) atoms. The quantitative estimate of drug-likeness (QED) is 0.770. The van der Waals surface area contributed by atoms with Crippen LogP contribution in [0.3, 0.4) is 0 Å². The normalized spacial score (nSPS) is 22.7. The molecule has 2 atom stereocenters. The van der Waals surface area contributed by atoms with Crippen molar-refractivity contribution in [2.75, 3.05) is 0 Å². The highest BCUT2D eigenvalue weighted by atomic mass is 16.1. The minimum absolute atomic E-state index is 0.0327. The summed E-state index contributed by atoms with van der Waals surface area (Å²) in [6.07, 6.45) is 1.40. The van der Waals surface area contributed by atoms with Gasteiger partial charge in [0, 0.05) is 6.04 Å². The van der Waals surface area contributed by atoms with Gasteiger partial charge in [-0.05, 0) is 24.8 Å². The van der Waals surface area contributed by atoms with Crippen LogP contribution in [0.4, 0.5) is 0 Å². The third kappa shape index (κ3) is 4.04. The molecule has 1 heterocycles. The number of hydrogen-bond donors (Lipinski definition) is 3. The molecule has 4 heteroatoms. The average molecular weight is 261 g/mol. The average Bonchev–Trinajstić information content (AvgIpc) is 2.80. The number of rotatable bonds is 4. The van der Waals surface area contributed by atoms with Crippen LogP contribution in [-0.4, -0.2) is 18.1 Å². The van der Waals surface area contributed by atoms with Crippen molar-refractivity contribution >= 4 is 5.91 Å². The van der Waals surface area contributed by atoms with E-state index in [-0.39, 0.29) is 12.1 Å². The zero-order chi connectivity index (χ0) is 13.8. The van der Waals surface area contributed by atoms with E-state index in [1.54, 1.807) is 0 Å². The number of hydrazine groups is 1. The van der Waals surface area contributed by atoms with Crippen molar-refractivity contribution in [2.45, 2.75) is 45.8 Å². The molecule has 1 aromatic rings. The van der Waals surface area contributed by atoms with Gasteiger partial charge in [-0.25, -0.2) is 5.43 Å². The van der Waals surface area contributed by atoms with Gasteiger partial charge in [0.2, 0.25) is 5.91 Å². The number of aryl methyl sites for hydroxylation is 1. The van der Waals surface area contributed by atoms with Gasteiger partial charge in [-0.1, -0.05) is 43.7 Å². The summed E-state index contributed by atoms with van der Waals surface area (Å²) in [5.74, 6) is 0.624. The summed E-state index contributed by atoms with van der Waals surface area (Å²) in [5.41, 5.74) is 8.61. The van der Waals surface area contributed by atoms with E-state index >= 15 is 0 Å². The summed E-state index contributed by atoms with van der Waals surface area (Å²) in [7, 11) is 0. The van der Waals surface area contributed by atoms with Gasteiger partial charge in [0.05, 0.1) is 12.6 Å². The first-order chi connectivity index (χ1) is 9.04. The maximum atomic E-state index is 12.0. The topological polar surface area (TPSA) is 53.2 Å². The lowest BCUT2D eigenvalue weighted by Gasteiger charge is -2.13. The lowest BCUT2D eigenvalue weighted by Crippen LogP contribution is -2.45. The van der Waals surface area contributed by atoms with Crippen LogP contribution in [0.5, 0.6) is 0 Å². The maximum absolute atomic E-state index is 12.0. The summed E-state index contributed by atoms with van der Waals surface area (Å²) in [4.78, 5) is 12.0. The van der Waals surface area contributed by atoms with Gasteiger partial charge >= 0.3 is 0 Å². The molecule has 0 radical (unpaired) electrons. The van der Waals surface area contributed by atoms with E-state index in [4.69, 9.17) is 0 Å². The van der Waals surface area contributed by atoms with Crippen LogP contribution < -0.4 is 16.2 Å². The fourth-order valence-corrected chi connectivity index (χ4v) is 2.25. The Morgan fingerprint density at radius 3 is 2.58 bits per heavy atom. The van der Waals surface area contributed by atoms with Crippen molar-refractivity contribution in [1.82, 2.24) is 16.2 Å². The molecule has 1 amide bonds. The van der Waals surface area contributed by atoms with E-state index in [0.29, 0.717) is 18.4 Å². The fraction of sp³-hybridized carbons (Fsp3) is 0.533. The van der Waals surface area contributed by atoms with Crippen LogP contribution in [0.25, 0.3) is 0 Å². The molecule has 0 saturated carbocycles. The van der Waals surface area contributed by atoms with Crippen molar-refractivity contribution in [2.24, 2.45) is 5.92 Å². The van der Waals surface area contributed by atoms with E-state index in [1.807, 2.05) is 31.2 Å². The Kier molecular flexibility index (Phi) is 4.56. The van der Waals surface area contributed by atoms with Crippen molar-refractivity contribution in [3.05, 3.63) is 35.4 Å². The number of amides is 1. The Morgan fingerprint density at radius 2 is 2.00 bits per heavy atom. The Hall–Kier alpha value is -1.39. The van der Waals surface area contributed by atoms with E-state index in [1.165, 1.54) is 5.56 Å². The van der Waals surface area contributed by atoms with Gasteiger partial charge in [0.25, 0.3) is 0 Å². The number of hydrogen-bond acceptors (Lipinski definition) is 3. The van der Waals surface area contributed by atoms with Crippen molar-refractivity contribution in [3.63, 3.8) is 0 Å². The minimum Gasteiger partial charge on any atom is -0.339 e. The molecule has 1 fully saturated rings. The Labute approximate surface area is 114 Å². The highest BCUT2D eigenvalue weighted by Crippen LogP contribution is 2.12. The fourth-order valence-electron chi connectivity index (χ4n) is 2.25. The molecule has 0 bridgehead atoms. The molecule has 0 spiro atoms. The Bertz CT molecular complexity index is 428. The van der Waals surface area contributed by atoms with E-state index in [9.17, 15) is 4.79 Å². The number of nitrogens with one attached hydrogen (secondary N) is 3. The zero-order valence-corrected chi connectivity index (χ0v) is 11.9. The van der Waals surface area contributed by atoms with Gasteiger partial charge in [-0.3, -0.25) is 10.2 Å². The Balaban J connectivity index is 1.80. The molecule has 2 rings (SSSR count). The first-order valence-electron chi connectivity index (χ1n) is 6.90. The molecule has 1 saturated heterocycles. The van der Waals surface area contributed by atoms with Crippen LogP contribution in [0, 0.1) is 12.8 Å². The largest absolute Gasteiger partial charge is 0.339 e. The maximum Gasteiger partial charge on any atom is 0.225 e. The van der Waals surface area contributed by atoms with Crippen LogP contribution in [0.15, 0.2) is 24.3 Å². The summed E-state index contributed by atoms with van der Waals surface area (Å²) in [5, 5.41) is 3.01. The standard InChI is InChI=1S/C15H23N3O/c1-10(2)13-9-14(18-17-13)16-15(19)8-12-6-4-11(3)5-7-12/h4-7,10,13-14,17-18H,8-9H2,1-3H3,(H,16,19). The molecule has 2 unspecified atom stereocenters. The first kappa shape index (κ1) is 14.0. The molecule has 1 aromatic carbocycles. The molecule has 4 nitrogen and oxygen atoms in total. The first-order valence-corrected chi connectivity index (χ1v) is 6.90. The van der Waals surface area contributed by atoms with Gasteiger partial charge in [0.1, 0.15) is 0 Å². The van der Waals surface area contributed by atoms with E-state index in [2.05, 4.69) is 30.0 Å². The third-order valence-corrected chi connectivity index (χ3v) is 3.56. The molecular formula is C15H23N3O. The molecule has 1 aliphatic heterocycles. The molecule has 0 aliphatic carbocycles. The smallest absolute Gasteiger partial charge is 0.225 e. The van der Waals surface area contributed by atoms with Gasteiger partial charge in [-0.15, -0.1) is 0 Å². The lowest BCUT2D eigenvalue weighted by molar-refractivity contribution is -0.121. The highest BCUT2D eigenvalue weighted by Gasteiger charge is 2.26. The third-order valence-electron chi connectivity index (χ3n) is 3.56. The van der Waals surface area contributed by atoms with Crippen LogP contribution in [0.1, 0.15) is 31.4 Å². The predicted molar refractivity (Wildman–Crippen MR) is 76.3 cm³/mol. The lowest BCUT2D eigenvalue weighted by atomic mass is 10.0. The van der Waals surface area contributed by atoms with Gasteiger partial charge < -0.3 is 5.32 Å². The van der Waals surface area contributed by atoms with E-state index < -0.39 is 0 Å². The SMILES string of the molecule is Cc1ccc(CC(=O)NC2CC(C(C)C)NN2)cc1.